The Hall–Kier alpha value is -3.16. The third kappa shape index (κ3) is 8.53. The molecule has 2 aromatic carbocycles. The lowest BCUT2D eigenvalue weighted by Gasteiger charge is -2.28. The van der Waals surface area contributed by atoms with Crippen molar-refractivity contribution >= 4 is 29.0 Å². The summed E-state index contributed by atoms with van der Waals surface area (Å²) in [6, 6.07) is 21.6. The number of urea groups is 1. The summed E-state index contributed by atoms with van der Waals surface area (Å²) in [4.78, 5) is 32.4. The van der Waals surface area contributed by atoms with Crippen molar-refractivity contribution in [2.75, 3.05) is 32.1 Å². The minimum atomic E-state index is -0.287. The van der Waals surface area contributed by atoms with Gasteiger partial charge in [0.25, 0.3) is 0 Å². The van der Waals surface area contributed by atoms with Crippen LogP contribution in [0.4, 0.5) is 10.5 Å². The van der Waals surface area contributed by atoms with Gasteiger partial charge in [-0.15, -0.1) is 11.3 Å². The van der Waals surface area contributed by atoms with Crippen molar-refractivity contribution in [3.05, 3.63) is 87.6 Å². The van der Waals surface area contributed by atoms with Crippen molar-refractivity contribution in [3.63, 3.8) is 0 Å². The maximum Gasteiger partial charge on any atom is 0.322 e. The van der Waals surface area contributed by atoms with E-state index in [-0.39, 0.29) is 18.5 Å². The number of carbonyl (C=O) groups excluding carboxylic acids is 2. The van der Waals surface area contributed by atoms with Crippen molar-refractivity contribution in [3.8, 4) is 0 Å². The van der Waals surface area contributed by atoms with Crippen LogP contribution in [0, 0.1) is 6.92 Å². The van der Waals surface area contributed by atoms with Crippen molar-refractivity contribution < 1.29 is 14.3 Å². The lowest BCUT2D eigenvalue weighted by molar-refractivity contribution is -0.133. The highest BCUT2D eigenvalue weighted by molar-refractivity contribution is 7.11. The Morgan fingerprint density at radius 1 is 0.914 bits per heavy atom. The van der Waals surface area contributed by atoms with Gasteiger partial charge in [0.1, 0.15) is 6.54 Å². The molecule has 0 spiro atoms. The molecule has 0 aliphatic rings. The van der Waals surface area contributed by atoms with Gasteiger partial charge in [-0.2, -0.15) is 0 Å². The second kappa shape index (κ2) is 13.7. The molecule has 3 amide bonds. The normalized spacial score (nSPS) is 10.7. The van der Waals surface area contributed by atoms with Gasteiger partial charge in [0.2, 0.25) is 5.91 Å². The summed E-state index contributed by atoms with van der Waals surface area (Å²) in [6.07, 6.45) is 1.58. The van der Waals surface area contributed by atoms with E-state index >= 15 is 0 Å². The molecule has 0 aliphatic heterocycles. The van der Waals surface area contributed by atoms with Gasteiger partial charge in [-0.25, -0.2) is 4.79 Å². The zero-order valence-electron chi connectivity index (χ0n) is 20.8. The van der Waals surface area contributed by atoms with Gasteiger partial charge in [-0.3, -0.25) is 4.79 Å². The summed E-state index contributed by atoms with van der Waals surface area (Å²) in [5.74, 6) is -0.0891. The number of thiophene rings is 1. The summed E-state index contributed by atoms with van der Waals surface area (Å²) in [5.41, 5.74) is 2.97. The van der Waals surface area contributed by atoms with Crippen LogP contribution in [0.1, 0.15) is 34.2 Å². The Balaban J connectivity index is 1.74. The van der Waals surface area contributed by atoms with E-state index < -0.39 is 0 Å². The molecule has 6 nitrogen and oxygen atoms in total. The monoisotopic (exact) mass is 493 g/mol. The third-order valence-corrected chi connectivity index (χ3v) is 6.70. The van der Waals surface area contributed by atoms with Crippen molar-refractivity contribution in [2.45, 2.75) is 39.8 Å². The van der Waals surface area contributed by atoms with Crippen LogP contribution in [0.15, 0.2) is 66.7 Å². The number of aryl methyl sites for hydroxylation is 2. The first-order chi connectivity index (χ1) is 17.0. The van der Waals surface area contributed by atoms with Crippen LogP contribution >= 0.6 is 11.3 Å². The van der Waals surface area contributed by atoms with Crippen LogP contribution in [0.5, 0.6) is 0 Å². The molecule has 0 radical (unpaired) electrons. The standard InChI is InChI=1S/C28H35N3O3S/c1-4-23-12-14-25(15-13-23)29-28(33)30(17-8-18-34-3)21-27(32)31(19-24-9-6-5-7-10-24)20-26-16-11-22(2)35-26/h5-7,9-16H,4,8,17-21H2,1-3H3,(H,29,33). The first kappa shape index (κ1) is 26.4. The van der Waals surface area contributed by atoms with E-state index in [9.17, 15) is 9.59 Å². The predicted molar refractivity (Wildman–Crippen MR) is 143 cm³/mol. The van der Waals surface area contributed by atoms with Crippen molar-refractivity contribution in [1.29, 1.82) is 0 Å². The maximum atomic E-state index is 13.5. The molecule has 186 valence electrons. The molecule has 0 saturated heterocycles. The lowest BCUT2D eigenvalue weighted by Crippen LogP contribution is -2.44. The average Bonchev–Trinajstić information content (AvgIpc) is 3.28. The SMILES string of the molecule is CCc1ccc(NC(=O)N(CCCOC)CC(=O)N(Cc2ccccc2)Cc2ccc(C)s2)cc1. The van der Waals surface area contributed by atoms with Gasteiger partial charge in [0.15, 0.2) is 0 Å². The number of anilines is 1. The number of methoxy groups -OCH3 is 1. The highest BCUT2D eigenvalue weighted by atomic mass is 32.1. The molecule has 35 heavy (non-hydrogen) atoms. The summed E-state index contributed by atoms with van der Waals surface area (Å²) >= 11 is 1.69. The molecular weight excluding hydrogens is 458 g/mol. The predicted octanol–water partition coefficient (Wildman–Crippen LogP) is 5.72. The fourth-order valence-electron chi connectivity index (χ4n) is 3.74. The zero-order chi connectivity index (χ0) is 25.0. The molecule has 3 rings (SSSR count). The van der Waals surface area contributed by atoms with Crippen LogP contribution in [-0.4, -0.2) is 48.5 Å². The van der Waals surface area contributed by atoms with E-state index in [2.05, 4.69) is 31.3 Å². The Morgan fingerprint density at radius 3 is 2.29 bits per heavy atom. The molecule has 1 heterocycles. The number of amides is 3. The van der Waals surface area contributed by atoms with Crippen LogP contribution in [0.3, 0.4) is 0 Å². The summed E-state index contributed by atoms with van der Waals surface area (Å²) in [6.45, 7) is 6.10. The number of rotatable bonds is 12. The second-order valence-corrected chi connectivity index (χ2v) is 9.87. The van der Waals surface area contributed by atoms with E-state index in [4.69, 9.17) is 4.74 Å². The molecule has 0 atom stereocenters. The molecule has 0 saturated carbocycles. The van der Waals surface area contributed by atoms with Crippen molar-refractivity contribution in [1.82, 2.24) is 9.80 Å². The molecule has 1 N–H and O–H groups in total. The molecule has 0 unspecified atom stereocenters. The lowest BCUT2D eigenvalue weighted by atomic mass is 10.1. The number of carbonyl (C=O) groups is 2. The number of nitrogens with one attached hydrogen (secondary N) is 1. The maximum absolute atomic E-state index is 13.5. The number of nitrogens with zero attached hydrogens (tertiary/aromatic N) is 2. The van der Waals surface area contributed by atoms with E-state index in [1.807, 2.05) is 59.5 Å². The van der Waals surface area contributed by atoms with Crippen LogP contribution in [0.25, 0.3) is 0 Å². The topological polar surface area (TPSA) is 61.9 Å². The fourth-order valence-corrected chi connectivity index (χ4v) is 4.64. The molecular formula is C28H35N3O3S. The largest absolute Gasteiger partial charge is 0.385 e. The van der Waals surface area contributed by atoms with E-state index in [0.29, 0.717) is 38.3 Å². The second-order valence-electron chi connectivity index (χ2n) is 8.50. The minimum absolute atomic E-state index is 0.000216. The van der Waals surface area contributed by atoms with Crippen LogP contribution < -0.4 is 5.32 Å². The summed E-state index contributed by atoms with van der Waals surface area (Å²) < 4.78 is 5.18. The Morgan fingerprint density at radius 2 is 1.66 bits per heavy atom. The highest BCUT2D eigenvalue weighted by Gasteiger charge is 2.22. The van der Waals surface area contributed by atoms with Gasteiger partial charge in [-0.1, -0.05) is 49.4 Å². The van der Waals surface area contributed by atoms with Crippen LogP contribution in [0.2, 0.25) is 0 Å². The zero-order valence-corrected chi connectivity index (χ0v) is 21.6. The van der Waals surface area contributed by atoms with E-state index in [1.54, 1.807) is 23.3 Å². The van der Waals surface area contributed by atoms with Gasteiger partial charge in [-0.05, 0) is 55.2 Å². The molecule has 0 aliphatic carbocycles. The quantitative estimate of drug-likeness (QED) is 0.328. The third-order valence-electron chi connectivity index (χ3n) is 5.71. The Kier molecular flexibility index (Phi) is 10.3. The average molecular weight is 494 g/mol. The van der Waals surface area contributed by atoms with Gasteiger partial charge in [0.05, 0.1) is 6.54 Å². The number of hydrogen-bond donors (Lipinski definition) is 1. The van der Waals surface area contributed by atoms with Gasteiger partial charge in [0, 0.05) is 42.2 Å². The number of ether oxygens (including phenoxy) is 1. The molecule has 0 bridgehead atoms. The van der Waals surface area contributed by atoms with Gasteiger partial charge < -0.3 is 19.9 Å². The minimum Gasteiger partial charge on any atom is -0.385 e. The first-order valence-electron chi connectivity index (χ1n) is 12.0. The van der Waals surface area contributed by atoms with E-state index in [1.165, 1.54) is 10.4 Å². The van der Waals surface area contributed by atoms with Crippen LogP contribution in [-0.2, 0) is 29.0 Å². The number of hydrogen-bond acceptors (Lipinski definition) is 4. The smallest absolute Gasteiger partial charge is 0.322 e. The van der Waals surface area contributed by atoms with E-state index in [0.717, 1.165) is 16.9 Å². The van der Waals surface area contributed by atoms with Gasteiger partial charge >= 0.3 is 6.03 Å². The molecule has 1 aromatic heterocycles. The van der Waals surface area contributed by atoms with Crippen molar-refractivity contribution in [2.24, 2.45) is 0 Å². The summed E-state index contributed by atoms with van der Waals surface area (Å²) in [5, 5.41) is 2.94. The Labute approximate surface area is 212 Å². The number of benzene rings is 2. The molecule has 7 heteroatoms. The Bertz CT molecular complexity index is 1070. The first-order valence-corrected chi connectivity index (χ1v) is 12.8. The molecule has 3 aromatic rings. The highest BCUT2D eigenvalue weighted by Crippen LogP contribution is 2.19. The molecule has 0 fully saturated rings. The summed E-state index contributed by atoms with van der Waals surface area (Å²) in [7, 11) is 1.63. The fraction of sp³-hybridized carbons (Fsp3) is 0.357.